The first-order valence-electron chi connectivity index (χ1n) is 9.20. The normalized spacial score (nSPS) is 25.0. The summed E-state index contributed by atoms with van der Waals surface area (Å²) >= 11 is 0. The fraction of sp³-hybridized carbons (Fsp3) is 0.667. The van der Waals surface area contributed by atoms with Gasteiger partial charge in [-0.3, -0.25) is 4.79 Å². The van der Waals surface area contributed by atoms with Crippen molar-refractivity contribution in [2.24, 2.45) is 5.92 Å². The molecule has 1 amide bonds. The minimum atomic E-state index is -0.788. The van der Waals surface area contributed by atoms with Crippen LogP contribution in [0, 0.1) is 5.92 Å². The molecule has 138 valence electrons. The predicted molar refractivity (Wildman–Crippen MR) is 98.3 cm³/mol. The number of anilines is 3. The summed E-state index contributed by atoms with van der Waals surface area (Å²) in [5.41, 5.74) is 12.5. The maximum atomic E-state index is 13.4. The first-order chi connectivity index (χ1) is 11.9. The topological polar surface area (TPSA) is 97.3 Å². The molecule has 7 heteroatoms. The molecule has 1 aromatic heterocycles. The molecule has 2 aliphatic rings. The molecule has 6 nitrogen and oxygen atoms in total. The average molecular weight is 349 g/mol. The van der Waals surface area contributed by atoms with Crippen LogP contribution in [0.15, 0.2) is 6.07 Å². The summed E-state index contributed by atoms with van der Waals surface area (Å²) in [6.45, 7) is 3.30. The van der Waals surface area contributed by atoms with Gasteiger partial charge in [0, 0.05) is 19.1 Å². The molecule has 0 radical (unpaired) electrons. The number of carbonyl (C=O) groups excluding carboxylic acids is 1. The fourth-order valence-electron chi connectivity index (χ4n) is 3.67. The Labute approximate surface area is 148 Å². The maximum absolute atomic E-state index is 13.4. The predicted octanol–water partition coefficient (Wildman–Crippen LogP) is 2.49. The van der Waals surface area contributed by atoms with Crippen molar-refractivity contribution in [1.82, 2.24) is 10.3 Å². The number of aromatic nitrogens is 1. The van der Waals surface area contributed by atoms with Crippen LogP contribution in [0.1, 0.15) is 55.8 Å². The van der Waals surface area contributed by atoms with Crippen LogP contribution in [0.5, 0.6) is 0 Å². The van der Waals surface area contributed by atoms with Crippen LogP contribution in [0.25, 0.3) is 0 Å². The summed E-state index contributed by atoms with van der Waals surface area (Å²) in [5.74, 6) is 1.27. The highest BCUT2D eigenvalue weighted by Crippen LogP contribution is 2.29. The maximum Gasteiger partial charge on any atom is 0.255 e. The minimum absolute atomic E-state index is 0.170. The number of nitrogens with two attached hydrogens (primary N) is 2. The summed E-state index contributed by atoms with van der Waals surface area (Å²) in [7, 11) is 0. The van der Waals surface area contributed by atoms with Crippen molar-refractivity contribution in [2.45, 2.75) is 57.7 Å². The van der Waals surface area contributed by atoms with Crippen LogP contribution in [0.2, 0.25) is 0 Å². The van der Waals surface area contributed by atoms with E-state index in [0.29, 0.717) is 43.0 Å². The molecular formula is C18H28FN5O. The number of piperidine rings is 1. The van der Waals surface area contributed by atoms with Gasteiger partial charge in [-0.05, 0) is 50.5 Å². The lowest BCUT2D eigenvalue weighted by molar-refractivity contribution is 0.0923. The van der Waals surface area contributed by atoms with Gasteiger partial charge in [-0.25, -0.2) is 9.37 Å². The fourth-order valence-corrected chi connectivity index (χ4v) is 3.67. The van der Waals surface area contributed by atoms with E-state index >= 15 is 0 Å². The Morgan fingerprint density at radius 1 is 1.20 bits per heavy atom. The van der Waals surface area contributed by atoms with Gasteiger partial charge in [0.25, 0.3) is 5.91 Å². The number of carbonyl (C=O) groups is 1. The molecule has 0 aromatic carbocycles. The van der Waals surface area contributed by atoms with Gasteiger partial charge >= 0.3 is 0 Å². The lowest BCUT2D eigenvalue weighted by atomic mass is 9.87. The van der Waals surface area contributed by atoms with Crippen LogP contribution >= 0.6 is 0 Å². The molecule has 2 heterocycles. The van der Waals surface area contributed by atoms with Gasteiger partial charge in [0.1, 0.15) is 17.8 Å². The number of halogens is 1. The van der Waals surface area contributed by atoms with E-state index in [0.717, 1.165) is 31.6 Å². The molecule has 0 unspecified atom stereocenters. The Balaban J connectivity index is 1.79. The van der Waals surface area contributed by atoms with Crippen molar-refractivity contribution in [3.8, 4) is 0 Å². The third-order valence-corrected chi connectivity index (χ3v) is 5.38. The van der Waals surface area contributed by atoms with Gasteiger partial charge in [-0.2, -0.15) is 0 Å². The average Bonchev–Trinajstić information content (AvgIpc) is 2.59. The number of hydrogen-bond acceptors (Lipinski definition) is 5. The van der Waals surface area contributed by atoms with Crippen molar-refractivity contribution in [2.75, 3.05) is 29.5 Å². The lowest BCUT2D eigenvalue weighted by Gasteiger charge is -2.32. The first kappa shape index (κ1) is 17.8. The van der Waals surface area contributed by atoms with Crippen molar-refractivity contribution in [3.05, 3.63) is 11.6 Å². The van der Waals surface area contributed by atoms with E-state index in [9.17, 15) is 9.18 Å². The molecule has 1 saturated heterocycles. The highest BCUT2D eigenvalue weighted by molar-refractivity contribution is 6.00. The molecule has 3 rings (SSSR count). The summed E-state index contributed by atoms with van der Waals surface area (Å²) in [5, 5.41) is 3.11. The lowest BCUT2D eigenvalue weighted by Crippen LogP contribution is -2.40. The van der Waals surface area contributed by atoms with Gasteiger partial charge in [-0.15, -0.1) is 0 Å². The summed E-state index contributed by atoms with van der Waals surface area (Å²) in [6.07, 6.45) is 4.33. The number of nitrogens with zero attached hydrogens (tertiary/aromatic N) is 2. The zero-order valence-corrected chi connectivity index (χ0v) is 14.8. The second-order valence-electron chi connectivity index (χ2n) is 7.43. The Bertz CT molecular complexity index is 622. The quantitative estimate of drug-likeness (QED) is 0.779. The molecule has 0 spiro atoms. The minimum Gasteiger partial charge on any atom is -0.396 e. The van der Waals surface area contributed by atoms with Gasteiger partial charge in [0.05, 0.1) is 11.3 Å². The molecule has 25 heavy (non-hydrogen) atoms. The summed E-state index contributed by atoms with van der Waals surface area (Å²) in [4.78, 5) is 19.1. The van der Waals surface area contributed by atoms with E-state index in [1.165, 1.54) is 0 Å². The van der Waals surface area contributed by atoms with Crippen molar-refractivity contribution in [3.63, 3.8) is 0 Å². The Morgan fingerprint density at radius 3 is 2.48 bits per heavy atom. The van der Waals surface area contributed by atoms with Gasteiger partial charge in [0.15, 0.2) is 0 Å². The number of nitrogen functional groups attached to an aromatic ring is 2. The Kier molecular flexibility index (Phi) is 5.30. The first-order valence-corrected chi connectivity index (χ1v) is 9.20. The summed E-state index contributed by atoms with van der Waals surface area (Å²) < 4.78 is 13.4. The molecule has 1 aliphatic heterocycles. The van der Waals surface area contributed by atoms with Crippen molar-refractivity contribution in [1.29, 1.82) is 0 Å². The number of pyridine rings is 1. The zero-order chi connectivity index (χ0) is 18.0. The molecule has 2 fully saturated rings. The van der Waals surface area contributed by atoms with Gasteiger partial charge in [-0.1, -0.05) is 6.92 Å². The Morgan fingerprint density at radius 2 is 1.84 bits per heavy atom. The molecule has 1 aromatic rings. The van der Waals surface area contributed by atoms with Crippen molar-refractivity contribution < 1.29 is 9.18 Å². The van der Waals surface area contributed by atoms with Gasteiger partial charge in [0.2, 0.25) is 0 Å². The second kappa shape index (κ2) is 7.45. The van der Waals surface area contributed by atoms with E-state index in [-0.39, 0.29) is 17.8 Å². The van der Waals surface area contributed by atoms with Crippen molar-refractivity contribution >= 4 is 23.2 Å². The summed E-state index contributed by atoms with van der Waals surface area (Å²) in [6, 6.07) is 1.78. The van der Waals surface area contributed by atoms with E-state index in [2.05, 4.69) is 17.2 Å². The molecule has 0 atom stereocenters. The van der Waals surface area contributed by atoms with E-state index in [1.807, 2.05) is 4.90 Å². The Hall–Kier alpha value is -2.05. The van der Waals surface area contributed by atoms with E-state index < -0.39 is 6.17 Å². The van der Waals surface area contributed by atoms with Crippen LogP contribution in [-0.4, -0.2) is 36.2 Å². The molecular weight excluding hydrogens is 321 g/mol. The van der Waals surface area contributed by atoms with E-state index in [1.54, 1.807) is 6.07 Å². The standard InChI is InChI=1S/C18H28FN5O/c1-11-2-4-13(5-3-11)22-18(25)14-10-15(20)16(21)23-17(14)24-8-6-12(19)7-9-24/h10-13H,2-9,20H2,1H3,(H2,21,23)(H,22,25). The third-order valence-electron chi connectivity index (χ3n) is 5.38. The highest BCUT2D eigenvalue weighted by atomic mass is 19.1. The molecule has 5 N–H and O–H groups in total. The van der Waals surface area contributed by atoms with Crippen LogP contribution < -0.4 is 21.7 Å². The van der Waals surface area contributed by atoms with Crippen LogP contribution in [0.4, 0.5) is 21.7 Å². The number of amides is 1. The number of nitrogens with one attached hydrogen (secondary N) is 1. The zero-order valence-electron chi connectivity index (χ0n) is 14.8. The molecule has 0 bridgehead atoms. The molecule has 1 aliphatic carbocycles. The second-order valence-corrected chi connectivity index (χ2v) is 7.43. The monoisotopic (exact) mass is 349 g/mol. The SMILES string of the molecule is CC1CCC(NC(=O)c2cc(N)c(N)nc2N2CCC(F)CC2)CC1. The third kappa shape index (κ3) is 4.14. The largest absolute Gasteiger partial charge is 0.396 e. The van der Waals surface area contributed by atoms with Crippen LogP contribution in [-0.2, 0) is 0 Å². The van der Waals surface area contributed by atoms with Gasteiger partial charge < -0.3 is 21.7 Å². The number of alkyl halides is 1. The number of hydrogen-bond donors (Lipinski definition) is 3. The highest BCUT2D eigenvalue weighted by Gasteiger charge is 2.27. The molecule has 1 saturated carbocycles. The number of rotatable bonds is 3. The van der Waals surface area contributed by atoms with Crippen LogP contribution in [0.3, 0.4) is 0 Å². The van der Waals surface area contributed by atoms with E-state index in [4.69, 9.17) is 11.5 Å². The smallest absolute Gasteiger partial charge is 0.255 e.